The third kappa shape index (κ3) is 3.45. The fourth-order valence-electron chi connectivity index (χ4n) is 2.13. The van der Waals surface area contributed by atoms with Gasteiger partial charge in [0.25, 0.3) is 0 Å². The van der Waals surface area contributed by atoms with E-state index in [1.807, 2.05) is 6.92 Å². The number of benzene rings is 1. The Kier molecular flexibility index (Phi) is 4.62. The molecule has 0 spiro atoms. The summed E-state index contributed by atoms with van der Waals surface area (Å²) in [4.78, 5) is 0.544. The maximum atomic E-state index is 13.3. The van der Waals surface area contributed by atoms with Gasteiger partial charge in [-0.2, -0.15) is 13.2 Å². The normalized spacial score (nSPS) is 12.9. The van der Waals surface area contributed by atoms with Gasteiger partial charge in [0.1, 0.15) is 0 Å². The smallest absolute Gasteiger partial charge is 0.314 e. The molecular weight excluding hydrogens is 273 g/mol. The van der Waals surface area contributed by atoms with Crippen molar-refractivity contribution in [1.29, 1.82) is 0 Å². The highest BCUT2D eigenvalue weighted by Crippen LogP contribution is 2.43. The van der Waals surface area contributed by atoms with Crippen molar-refractivity contribution in [2.45, 2.75) is 51.1 Å². The molecule has 5 heteroatoms. The highest BCUT2D eigenvalue weighted by molar-refractivity contribution is 7.94. The molecule has 0 unspecified atom stereocenters. The molecule has 1 rings (SSSR count). The Hall–Kier alpha value is -0.680. The van der Waals surface area contributed by atoms with Gasteiger partial charge in [-0.3, -0.25) is 0 Å². The Bertz CT molecular complexity index is 473. The summed E-state index contributed by atoms with van der Waals surface area (Å²) < 4.78 is 45.0. The minimum atomic E-state index is -4.36. The lowest BCUT2D eigenvalue weighted by Gasteiger charge is -2.27. The van der Waals surface area contributed by atoms with E-state index in [1.165, 1.54) is 14.0 Å². The number of hydrogen-bond acceptors (Lipinski definition) is 2. The zero-order chi connectivity index (χ0) is 15.0. The van der Waals surface area contributed by atoms with Gasteiger partial charge in [0.05, 0.1) is 12.7 Å². The molecule has 0 N–H and O–H groups in total. The van der Waals surface area contributed by atoms with Crippen molar-refractivity contribution < 1.29 is 17.4 Å². The molecule has 1 nitrogen and oxygen atoms in total. The highest BCUT2D eigenvalue weighted by Gasteiger charge is 2.39. The summed E-state index contributed by atoms with van der Waals surface area (Å²) in [5.74, 6) is 0. The van der Waals surface area contributed by atoms with Crippen LogP contribution in [-0.4, -0.2) is 7.11 Å². The fourth-order valence-corrected chi connectivity index (χ4v) is 2.72. The Morgan fingerprint density at radius 2 is 1.63 bits per heavy atom. The second-order valence-electron chi connectivity index (χ2n) is 5.57. The minimum Gasteiger partial charge on any atom is -0.314 e. The van der Waals surface area contributed by atoms with Crippen molar-refractivity contribution in [3.05, 3.63) is 28.3 Å². The first-order valence-corrected chi connectivity index (χ1v) is 6.66. The molecule has 0 heterocycles. The second-order valence-corrected chi connectivity index (χ2v) is 6.48. The highest BCUT2D eigenvalue weighted by atomic mass is 32.2. The zero-order valence-electron chi connectivity index (χ0n) is 12.0. The van der Waals surface area contributed by atoms with Gasteiger partial charge in [0.2, 0.25) is 0 Å². The van der Waals surface area contributed by atoms with Gasteiger partial charge < -0.3 is 4.18 Å². The van der Waals surface area contributed by atoms with Gasteiger partial charge >= 0.3 is 6.18 Å². The zero-order valence-corrected chi connectivity index (χ0v) is 12.8. The van der Waals surface area contributed by atoms with Crippen molar-refractivity contribution in [1.82, 2.24) is 0 Å². The van der Waals surface area contributed by atoms with E-state index in [9.17, 15) is 13.2 Å². The molecule has 108 valence electrons. The number of alkyl halides is 3. The largest absolute Gasteiger partial charge is 0.416 e. The predicted molar refractivity (Wildman–Crippen MR) is 72.5 cm³/mol. The molecule has 1 aromatic carbocycles. The lowest BCUT2D eigenvalue weighted by molar-refractivity contribution is -0.139. The Morgan fingerprint density at radius 3 is 2.00 bits per heavy atom. The standard InChI is InChI=1S/C14H19F3OS/c1-8-7-10(13(3,4)5)11(14(15,16)17)9(2)12(8)19-18-6/h7H,1-6H3. The molecule has 0 amide bonds. The van der Waals surface area contributed by atoms with Gasteiger partial charge in [0, 0.05) is 16.9 Å². The monoisotopic (exact) mass is 292 g/mol. The van der Waals surface area contributed by atoms with Crippen LogP contribution in [0.4, 0.5) is 13.2 Å². The van der Waals surface area contributed by atoms with Crippen LogP contribution in [0.2, 0.25) is 0 Å². The Morgan fingerprint density at radius 1 is 1.11 bits per heavy atom. The molecule has 0 saturated carbocycles. The first-order chi connectivity index (χ1) is 8.50. The molecule has 0 aliphatic carbocycles. The van der Waals surface area contributed by atoms with Gasteiger partial charge in [-0.25, -0.2) is 0 Å². The summed E-state index contributed by atoms with van der Waals surface area (Å²) in [5.41, 5.74) is 0.281. The first kappa shape index (κ1) is 16.4. The van der Waals surface area contributed by atoms with Crippen molar-refractivity contribution in [3.8, 4) is 0 Å². The van der Waals surface area contributed by atoms with Gasteiger partial charge in [-0.15, -0.1) is 0 Å². The van der Waals surface area contributed by atoms with Crippen LogP contribution in [0.25, 0.3) is 0 Å². The number of hydrogen-bond donors (Lipinski definition) is 0. The SMILES string of the molecule is COSc1c(C)cc(C(C)(C)C)c(C(F)(F)F)c1C. The summed E-state index contributed by atoms with van der Waals surface area (Å²) in [6.45, 7) is 8.69. The van der Waals surface area contributed by atoms with Crippen LogP contribution < -0.4 is 0 Å². The van der Waals surface area contributed by atoms with Crippen molar-refractivity contribution in [2.75, 3.05) is 7.11 Å². The minimum absolute atomic E-state index is 0.240. The van der Waals surface area contributed by atoms with E-state index in [0.29, 0.717) is 10.5 Å². The van der Waals surface area contributed by atoms with E-state index in [1.54, 1.807) is 26.8 Å². The second kappa shape index (κ2) is 5.37. The Balaban J connectivity index is 3.68. The molecule has 0 fully saturated rings. The maximum absolute atomic E-state index is 13.3. The fraction of sp³-hybridized carbons (Fsp3) is 0.571. The van der Waals surface area contributed by atoms with E-state index in [4.69, 9.17) is 4.18 Å². The van der Waals surface area contributed by atoms with Crippen LogP contribution >= 0.6 is 12.0 Å². The molecule has 0 saturated heterocycles. The summed E-state index contributed by atoms with van der Waals surface area (Å²) in [6.07, 6.45) is -4.36. The number of aryl methyl sites for hydroxylation is 1. The lowest BCUT2D eigenvalue weighted by atomic mass is 9.81. The van der Waals surface area contributed by atoms with E-state index in [-0.39, 0.29) is 5.56 Å². The molecule has 19 heavy (non-hydrogen) atoms. The molecule has 0 atom stereocenters. The van der Waals surface area contributed by atoms with E-state index < -0.39 is 17.2 Å². The van der Waals surface area contributed by atoms with Crippen LogP contribution in [-0.2, 0) is 15.8 Å². The number of rotatable bonds is 2. The van der Waals surface area contributed by atoms with E-state index in [0.717, 1.165) is 17.6 Å². The molecule has 0 radical (unpaired) electrons. The molecule has 1 aromatic rings. The average molecular weight is 292 g/mol. The molecule has 0 aliphatic heterocycles. The quantitative estimate of drug-likeness (QED) is 0.686. The van der Waals surface area contributed by atoms with E-state index >= 15 is 0 Å². The third-order valence-corrected chi connectivity index (χ3v) is 3.92. The van der Waals surface area contributed by atoms with Crippen LogP contribution in [0.3, 0.4) is 0 Å². The van der Waals surface area contributed by atoms with Crippen LogP contribution in [0, 0.1) is 13.8 Å². The lowest BCUT2D eigenvalue weighted by Crippen LogP contribution is -2.21. The summed E-state index contributed by atoms with van der Waals surface area (Å²) >= 11 is 0.978. The van der Waals surface area contributed by atoms with Crippen molar-refractivity contribution in [2.24, 2.45) is 0 Å². The maximum Gasteiger partial charge on any atom is 0.416 e. The predicted octanol–water partition coefficient (Wildman–Crippen LogP) is 5.27. The third-order valence-electron chi connectivity index (χ3n) is 2.96. The molecular formula is C14H19F3OS. The number of halogens is 3. The topological polar surface area (TPSA) is 9.23 Å². The van der Waals surface area contributed by atoms with Gasteiger partial charge in [-0.05, 0) is 36.0 Å². The summed E-state index contributed by atoms with van der Waals surface area (Å²) in [6, 6.07) is 1.62. The van der Waals surface area contributed by atoms with Crippen LogP contribution in [0.1, 0.15) is 43.0 Å². The van der Waals surface area contributed by atoms with E-state index in [2.05, 4.69) is 0 Å². The molecule has 0 aromatic heterocycles. The van der Waals surface area contributed by atoms with Gasteiger partial charge in [-0.1, -0.05) is 26.8 Å². The average Bonchev–Trinajstić information content (AvgIpc) is 2.19. The van der Waals surface area contributed by atoms with Crippen LogP contribution in [0.5, 0.6) is 0 Å². The summed E-state index contributed by atoms with van der Waals surface area (Å²) in [5, 5.41) is 0. The summed E-state index contributed by atoms with van der Waals surface area (Å²) in [7, 11) is 1.45. The van der Waals surface area contributed by atoms with Crippen molar-refractivity contribution >= 4 is 12.0 Å². The molecule has 0 bridgehead atoms. The van der Waals surface area contributed by atoms with Gasteiger partial charge in [0.15, 0.2) is 0 Å². The van der Waals surface area contributed by atoms with Crippen molar-refractivity contribution in [3.63, 3.8) is 0 Å². The Labute approximate surface area is 116 Å². The molecule has 0 aliphatic rings. The first-order valence-electron chi connectivity index (χ1n) is 5.92. The van der Waals surface area contributed by atoms with Crippen LogP contribution in [0.15, 0.2) is 11.0 Å².